The minimum Gasteiger partial charge on any atom is -0.487 e. The van der Waals surface area contributed by atoms with Gasteiger partial charge in [0.1, 0.15) is 29.3 Å². The molecule has 6 rings (SSSR count). The smallest absolute Gasteiger partial charge is 0.356 e. The van der Waals surface area contributed by atoms with Crippen LogP contribution in [0.15, 0.2) is 91.0 Å². The number of carbonyl (C=O) groups is 1. The second-order valence-corrected chi connectivity index (χ2v) is 8.85. The number of aromatic nitrogens is 3. The summed E-state index contributed by atoms with van der Waals surface area (Å²) in [6, 6.07) is 29.8. The van der Waals surface area contributed by atoms with Gasteiger partial charge in [-0.15, -0.1) is 0 Å². The van der Waals surface area contributed by atoms with Crippen molar-refractivity contribution in [2.45, 2.75) is 13.5 Å². The van der Waals surface area contributed by atoms with Gasteiger partial charge in [-0.05, 0) is 36.8 Å². The summed E-state index contributed by atoms with van der Waals surface area (Å²) in [7, 11) is 2.01. The van der Waals surface area contributed by atoms with Crippen molar-refractivity contribution in [2.24, 2.45) is 7.05 Å². The van der Waals surface area contributed by atoms with Crippen molar-refractivity contribution < 1.29 is 14.3 Å². The molecule has 6 heteroatoms. The monoisotopic (exact) mass is 487 g/mol. The summed E-state index contributed by atoms with van der Waals surface area (Å²) >= 11 is 0. The summed E-state index contributed by atoms with van der Waals surface area (Å²) in [4.78, 5) is 22.6. The third kappa shape index (κ3) is 4.06. The lowest BCUT2D eigenvalue weighted by molar-refractivity contribution is 0.0520. The molecule has 0 N–H and O–H groups in total. The molecule has 0 aliphatic carbocycles. The summed E-state index contributed by atoms with van der Waals surface area (Å²) in [5.74, 6) is 0.240. The summed E-state index contributed by atoms with van der Waals surface area (Å²) < 4.78 is 13.6. The van der Waals surface area contributed by atoms with Crippen LogP contribution in [0, 0.1) is 0 Å². The molecule has 0 aliphatic rings. The van der Waals surface area contributed by atoms with Crippen molar-refractivity contribution in [1.82, 2.24) is 14.5 Å². The first kappa shape index (κ1) is 22.7. The third-order valence-electron chi connectivity index (χ3n) is 6.53. The van der Waals surface area contributed by atoms with Gasteiger partial charge in [-0.1, -0.05) is 66.7 Å². The van der Waals surface area contributed by atoms with Crippen molar-refractivity contribution in [1.29, 1.82) is 0 Å². The zero-order valence-corrected chi connectivity index (χ0v) is 20.6. The van der Waals surface area contributed by atoms with Crippen LogP contribution >= 0.6 is 0 Å². The van der Waals surface area contributed by atoms with E-state index in [-0.39, 0.29) is 12.3 Å². The Balaban J connectivity index is 1.54. The number of aryl methyl sites for hydroxylation is 1. The van der Waals surface area contributed by atoms with E-state index in [2.05, 4.69) is 16.7 Å². The Morgan fingerprint density at radius 2 is 1.68 bits per heavy atom. The maximum atomic E-state index is 12.8. The standard InChI is InChI=1S/C31H25N3O3/c1-3-36-31(35)25-18-23-22-13-7-8-14-26(22)34(2)30(23)29(33-25)24-17-16-21-12-9-15-27(28(21)32-24)37-19-20-10-5-4-6-11-20/h4-18H,3,19H2,1-2H3. The van der Waals surface area contributed by atoms with Gasteiger partial charge in [-0.25, -0.2) is 14.8 Å². The maximum Gasteiger partial charge on any atom is 0.356 e. The van der Waals surface area contributed by atoms with E-state index in [4.69, 9.17) is 19.4 Å². The number of benzene rings is 3. The second kappa shape index (κ2) is 9.39. The maximum absolute atomic E-state index is 12.8. The largest absolute Gasteiger partial charge is 0.487 e. The number of rotatable bonds is 6. The number of hydrogen-bond acceptors (Lipinski definition) is 5. The van der Waals surface area contributed by atoms with Crippen LogP contribution in [-0.2, 0) is 18.4 Å². The molecular formula is C31H25N3O3. The van der Waals surface area contributed by atoms with Gasteiger partial charge >= 0.3 is 5.97 Å². The van der Waals surface area contributed by atoms with Gasteiger partial charge in [0.05, 0.1) is 17.8 Å². The SMILES string of the molecule is CCOC(=O)c1cc2c3ccccc3n(C)c2c(-c2ccc3cccc(OCc4ccccc4)c3n2)n1. The second-order valence-electron chi connectivity index (χ2n) is 8.85. The highest BCUT2D eigenvalue weighted by atomic mass is 16.5. The molecule has 6 aromatic rings. The van der Waals surface area contributed by atoms with Crippen LogP contribution < -0.4 is 4.74 Å². The van der Waals surface area contributed by atoms with Gasteiger partial charge in [-0.2, -0.15) is 0 Å². The lowest BCUT2D eigenvalue weighted by Crippen LogP contribution is -2.08. The number of fused-ring (bicyclic) bond motifs is 4. The van der Waals surface area contributed by atoms with E-state index in [1.807, 2.05) is 85.9 Å². The molecule has 37 heavy (non-hydrogen) atoms. The molecule has 3 heterocycles. The first-order valence-corrected chi connectivity index (χ1v) is 12.3. The molecule has 182 valence electrons. The van der Waals surface area contributed by atoms with Crippen molar-refractivity contribution in [3.63, 3.8) is 0 Å². The van der Waals surface area contributed by atoms with Gasteiger partial charge in [-0.3, -0.25) is 0 Å². The molecule has 0 atom stereocenters. The van der Waals surface area contributed by atoms with Crippen LogP contribution in [-0.4, -0.2) is 27.1 Å². The van der Waals surface area contributed by atoms with E-state index in [1.165, 1.54) is 0 Å². The van der Waals surface area contributed by atoms with Crippen LogP contribution in [0.4, 0.5) is 0 Å². The minimum absolute atomic E-state index is 0.260. The normalized spacial score (nSPS) is 11.3. The summed E-state index contributed by atoms with van der Waals surface area (Å²) in [5, 5.41) is 2.94. The first-order valence-electron chi connectivity index (χ1n) is 12.3. The van der Waals surface area contributed by atoms with Crippen LogP contribution in [0.5, 0.6) is 5.75 Å². The van der Waals surface area contributed by atoms with Crippen LogP contribution in [0.2, 0.25) is 0 Å². The number of ether oxygens (including phenoxy) is 2. The number of nitrogens with zero attached hydrogens (tertiary/aromatic N) is 3. The predicted molar refractivity (Wildman–Crippen MR) is 146 cm³/mol. The molecule has 0 fully saturated rings. The molecule has 0 saturated heterocycles. The lowest BCUT2D eigenvalue weighted by Gasteiger charge is -2.12. The number of carbonyl (C=O) groups excluding carboxylic acids is 1. The Morgan fingerprint density at radius 3 is 2.51 bits per heavy atom. The Hall–Kier alpha value is -4.71. The molecule has 0 amide bonds. The molecular weight excluding hydrogens is 462 g/mol. The quantitative estimate of drug-likeness (QED) is 0.245. The van der Waals surface area contributed by atoms with Gasteiger partial charge < -0.3 is 14.0 Å². The molecule has 0 aliphatic heterocycles. The van der Waals surface area contributed by atoms with E-state index in [1.54, 1.807) is 6.92 Å². The first-order chi connectivity index (χ1) is 18.1. The van der Waals surface area contributed by atoms with E-state index in [9.17, 15) is 4.79 Å². The Bertz CT molecular complexity index is 1770. The van der Waals surface area contributed by atoms with Crippen LogP contribution in [0.3, 0.4) is 0 Å². The van der Waals surface area contributed by atoms with E-state index in [0.29, 0.717) is 23.7 Å². The van der Waals surface area contributed by atoms with Gasteiger partial charge in [0.2, 0.25) is 0 Å². The highest BCUT2D eigenvalue weighted by molar-refractivity contribution is 6.13. The zero-order chi connectivity index (χ0) is 25.4. The van der Waals surface area contributed by atoms with Crippen molar-refractivity contribution in [2.75, 3.05) is 6.61 Å². The Labute approximate surface area is 214 Å². The van der Waals surface area contributed by atoms with Crippen LogP contribution in [0.25, 0.3) is 44.1 Å². The fraction of sp³-hybridized carbons (Fsp3) is 0.129. The molecule has 0 saturated carbocycles. The number of hydrogen-bond donors (Lipinski definition) is 0. The number of para-hydroxylation sites is 2. The minimum atomic E-state index is -0.453. The molecule has 3 aromatic heterocycles. The fourth-order valence-electron chi connectivity index (χ4n) is 4.79. The summed E-state index contributed by atoms with van der Waals surface area (Å²) in [6.07, 6.45) is 0. The average molecular weight is 488 g/mol. The van der Waals surface area contributed by atoms with Crippen molar-refractivity contribution >= 4 is 38.7 Å². The number of pyridine rings is 2. The van der Waals surface area contributed by atoms with Gasteiger partial charge in [0, 0.05) is 28.7 Å². The van der Waals surface area contributed by atoms with Gasteiger partial charge in [0.15, 0.2) is 0 Å². The van der Waals surface area contributed by atoms with Gasteiger partial charge in [0.25, 0.3) is 0 Å². The molecule has 0 unspecified atom stereocenters. The highest BCUT2D eigenvalue weighted by Crippen LogP contribution is 2.36. The molecule has 0 radical (unpaired) electrons. The third-order valence-corrected chi connectivity index (χ3v) is 6.53. The Kier molecular flexibility index (Phi) is 5.77. The lowest BCUT2D eigenvalue weighted by atomic mass is 10.1. The molecule has 0 spiro atoms. The van der Waals surface area contributed by atoms with E-state index >= 15 is 0 Å². The highest BCUT2D eigenvalue weighted by Gasteiger charge is 2.21. The van der Waals surface area contributed by atoms with E-state index < -0.39 is 5.97 Å². The number of esters is 1. The topological polar surface area (TPSA) is 66.2 Å². The summed E-state index contributed by atoms with van der Waals surface area (Å²) in [6.45, 7) is 2.51. The average Bonchev–Trinajstić information content (AvgIpc) is 3.23. The molecule has 3 aromatic carbocycles. The molecule has 0 bridgehead atoms. The van der Waals surface area contributed by atoms with Crippen molar-refractivity contribution in [3.05, 3.63) is 102 Å². The van der Waals surface area contributed by atoms with Crippen LogP contribution in [0.1, 0.15) is 23.0 Å². The Morgan fingerprint density at radius 1 is 0.865 bits per heavy atom. The van der Waals surface area contributed by atoms with Crippen molar-refractivity contribution in [3.8, 4) is 17.1 Å². The predicted octanol–water partition coefficient (Wildman–Crippen LogP) is 6.70. The fourth-order valence-corrected chi connectivity index (χ4v) is 4.79. The molecule has 6 nitrogen and oxygen atoms in total. The zero-order valence-electron chi connectivity index (χ0n) is 20.6. The van der Waals surface area contributed by atoms with E-state index in [0.717, 1.165) is 38.3 Å². The summed E-state index contributed by atoms with van der Waals surface area (Å²) in [5.41, 5.74) is 5.32.